The number of aryl methyl sites for hydroxylation is 2. The van der Waals surface area contributed by atoms with E-state index in [2.05, 4.69) is 25.8 Å². The summed E-state index contributed by atoms with van der Waals surface area (Å²) in [5.41, 5.74) is 0.809. The van der Waals surface area contributed by atoms with Crippen molar-refractivity contribution in [1.29, 1.82) is 0 Å². The second kappa shape index (κ2) is 7.64. The van der Waals surface area contributed by atoms with Crippen LogP contribution in [0.25, 0.3) is 0 Å². The lowest BCUT2D eigenvalue weighted by Crippen LogP contribution is -2.16. The summed E-state index contributed by atoms with van der Waals surface area (Å²) in [6, 6.07) is 10.5. The first-order valence-corrected chi connectivity index (χ1v) is 8.14. The average Bonchev–Trinajstić information content (AvgIpc) is 3.01. The van der Waals surface area contributed by atoms with Gasteiger partial charge < -0.3 is 19.9 Å². The molecule has 2 N–H and O–H groups in total. The van der Waals surface area contributed by atoms with E-state index >= 15 is 0 Å². The molecule has 0 aliphatic rings. The van der Waals surface area contributed by atoms with Crippen LogP contribution in [0.1, 0.15) is 29.0 Å². The molecule has 0 unspecified atom stereocenters. The Balaban J connectivity index is 1.81. The highest BCUT2D eigenvalue weighted by atomic mass is 16.5. The van der Waals surface area contributed by atoms with Crippen LogP contribution in [0.15, 0.2) is 40.9 Å². The summed E-state index contributed by atoms with van der Waals surface area (Å²) in [4.78, 5) is 21.1. The molecule has 0 saturated heterocycles. The van der Waals surface area contributed by atoms with Crippen LogP contribution in [-0.4, -0.2) is 27.6 Å². The van der Waals surface area contributed by atoms with E-state index < -0.39 is 0 Å². The number of benzene rings is 1. The van der Waals surface area contributed by atoms with Gasteiger partial charge in [-0.2, -0.15) is 0 Å². The maximum absolute atomic E-state index is 12.6. The number of anilines is 3. The molecular weight excluding hydrogens is 334 g/mol. The van der Waals surface area contributed by atoms with Crippen molar-refractivity contribution < 1.29 is 14.1 Å². The number of para-hydroxylation sites is 2. The first kappa shape index (κ1) is 17.4. The van der Waals surface area contributed by atoms with Gasteiger partial charge in [0.15, 0.2) is 5.82 Å². The Labute approximate surface area is 150 Å². The molecule has 134 valence electrons. The third-order valence-corrected chi connectivity index (χ3v) is 3.39. The predicted octanol–water partition coefficient (Wildman–Crippen LogP) is 3.48. The van der Waals surface area contributed by atoms with E-state index in [1.165, 1.54) is 0 Å². The minimum Gasteiger partial charge on any atom is -0.492 e. The number of amides is 1. The van der Waals surface area contributed by atoms with Crippen molar-refractivity contribution in [3.63, 3.8) is 0 Å². The smallest absolute Gasteiger partial charge is 0.274 e. The average molecular weight is 353 g/mol. The summed E-state index contributed by atoms with van der Waals surface area (Å²) in [5, 5.41) is 9.67. The second-order valence-corrected chi connectivity index (χ2v) is 5.52. The Hall–Kier alpha value is -3.42. The maximum atomic E-state index is 12.6. The molecule has 3 aromatic rings. The Morgan fingerprint density at radius 1 is 1.15 bits per heavy atom. The van der Waals surface area contributed by atoms with Crippen LogP contribution in [0.3, 0.4) is 0 Å². The lowest BCUT2D eigenvalue weighted by atomic mass is 10.2. The zero-order valence-electron chi connectivity index (χ0n) is 14.7. The Morgan fingerprint density at radius 3 is 2.69 bits per heavy atom. The van der Waals surface area contributed by atoms with Gasteiger partial charge in [-0.25, -0.2) is 9.97 Å². The summed E-state index contributed by atoms with van der Waals surface area (Å²) in [7, 11) is 0. The fraction of sp³-hybridized carbons (Fsp3) is 0.222. The standard InChI is InChI=1S/C18H19N5O3/c1-4-25-15-8-6-5-7-13(15)21-18(24)14-10-16(20-12(3)19-14)22-17-9-11(2)26-23-17/h5-10H,4H2,1-3H3,(H,21,24)(H,19,20,22,23). The summed E-state index contributed by atoms with van der Waals surface area (Å²) >= 11 is 0. The first-order chi connectivity index (χ1) is 12.5. The van der Waals surface area contributed by atoms with Crippen molar-refractivity contribution in [2.24, 2.45) is 0 Å². The van der Waals surface area contributed by atoms with E-state index in [9.17, 15) is 4.79 Å². The van der Waals surface area contributed by atoms with Crippen molar-refractivity contribution >= 4 is 23.2 Å². The zero-order valence-corrected chi connectivity index (χ0v) is 14.7. The first-order valence-electron chi connectivity index (χ1n) is 8.14. The fourth-order valence-corrected chi connectivity index (χ4v) is 2.34. The van der Waals surface area contributed by atoms with E-state index in [1.807, 2.05) is 19.1 Å². The van der Waals surface area contributed by atoms with Crippen LogP contribution >= 0.6 is 0 Å². The number of hydrogen-bond donors (Lipinski definition) is 2. The normalized spacial score (nSPS) is 10.4. The molecule has 0 radical (unpaired) electrons. The third-order valence-electron chi connectivity index (χ3n) is 3.39. The van der Waals surface area contributed by atoms with Crippen molar-refractivity contribution in [1.82, 2.24) is 15.1 Å². The molecule has 2 heterocycles. The van der Waals surface area contributed by atoms with Crippen LogP contribution in [0.5, 0.6) is 5.75 Å². The molecular formula is C18H19N5O3. The van der Waals surface area contributed by atoms with Crippen LogP contribution in [0.4, 0.5) is 17.3 Å². The minimum absolute atomic E-state index is 0.228. The Bertz CT molecular complexity index is 923. The minimum atomic E-state index is -0.359. The molecule has 0 saturated carbocycles. The van der Waals surface area contributed by atoms with Crippen molar-refractivity contribution in [3.8, 4) is 5.75 Å². The molecule has 0 spiro atoms. The largest absolute Gasteiger partial charge is 0.492 e. The van der Waals surface area contributed by atoms with Gasteiger partial charge in [-0.05, 0) is 32.9 Å². The Morgan fingerprint density at radius 2 is 1.96 bits per heavy atom. The monoisotopic (exact) mass is 353 g/mol. The van der Waals surface area contributed by atoms with E-state index in [0.29, 0.717) is 41.3 Å². The molecule has 0 aliphatic heterocycles. The van der Waals surface area contributed by atoms with E-state index in [0.717, 1.165) is 0 Å². The molecule has 0 bridgehead atoms. The van der Waals surface area contributed by atoms with Gasteiger partial charge in [0.25, 0.3) is 5.91 Å². The topological polar surface area (TPSA) is 102 Å². The van der Waals surface area contributed by atoms with Crippen LogP contribution in [0.2, 0.25) is 0 Å². The molecule has 26 heavy (non-hydrogen) atoms. The lowest BCUT2D eigenvalue weighted by molar-refractivity contribution is 0.102. The number of ether oxygens (including phenoxy) is 1. The SMILES string of the molecule is CCOc1ccccc1NC(=O)c1cc(Nc2cc(C)on2)nc(C)n1. The fourth-order valence-electron chi connectivity index (χ4n) is 2.34. The van der Waals surface area contributed by atoms with Gasteiger partial charge in [-0.3, -0.25) is 4.79 Å². The molecule has 0 atom stereocenters. The molecule has 8 nitrogen and oxygen atoms in total. The maximum Gasteiger partial charge on any atom is 0.274 e. The molecule has 3 rings (SSSR count). The summed E-state index contributed by atoms with van der Waals surface area (Å²) < 4.78 is 10.5. The van der Waals surface area contributed by atoms with Gasteiger partial charge in [-0.15, -0.1) is 0 Å². The highest BCUT2D eigenvalue weighted by Crippen LogP contribution is 2.24. The van der Waals surface area contributed by atoms with E-state index in [1.54, 1.807) is 38.1 Å². The number of carbonyl (C=O) groups is 1. The Kier molecular flexibility index (Phi) is 5.12. The number of carbonyl (C=O) groups excluding carboxylic acids is 1. The van der Waals surface area contributed by atoms with Gasteiger partial charge >= 0.3 is 0 Å². The van der Waals surface area contributed by atoms with Crippen molar-refractivity contribution in [3.05, 3.63) is 53.7 Å². The molecule has 0 aliphatic carbocycles. The number of hydrogen-bond acceptors (Lipinski definition) is 7. The van der Waals surface area contributed by atoms with Crippen LogP contribution < -0.4 is 15.4 Å². The number of nitrogens with zero attached hydrogens (tertiary/aromatic N) is 3. The van der Waals surface area contributed by atoms with Crippen LogP contribution in [-0.2, 0) is 0 Å². The summed E-state index contributed by atoms with van der Waals surface area (Å²) in [5.74, 6) is 2.33. The van der Waals surface area contributed by atoms with E-state index in [-0.39, 0.29) is 11.6 Å². The van der Waals surface area contributed by atoms with Gasteiger partial charge in [0.2, 0.25) is 0 Å². The van der Waals surface area contributed by atoms with Crippen LogP contribution in [0, 0.1) is 13.8 Å². The molecule has 2 aromatic heterocycles. The molecule has 1 amide bonds. The van der Waals surface area contributed by atoms with Crippen molar-refractivity contribution in [2.75, 3.05) is 17.2 Å². The number of rotatable bonds is 6. The third kappa shape index (κ3) is 4.15. The predicted molar refractivity (Wildman–Crippen MR) is 96.9 cm³/mol. The lowest BCUT2D eigenvalue weighted by Gasteiger charge is -2.11. The molecule has 0 fully saturated rings. The summed E-state index contributed by atoms with van der Waals surface area (Å²) in [6.07, 6.45) is 0. The summed E-state index contributed by atoms with van der Waals surface area (Å²) in [6.45, 7) is 5.89. The van der Waals surface area contributed by atoms with Gasteiger partial charge in [0, 0.05) is 12.1 Å². The molecule has 1 aromatic carbocycles. The van der Waals surface area contributed by atoms with E-state index in [4.69, 9.17) is 9.26 Å². The van der Waals surface area contributed by atoms with Gasteiger partial charge in [-0.1, -0.05) is 17.3 Å². The highest BCUT2D eigenvalue weighted by Gasteiger charge is 2.14. The van der Waals surface area contributed by atoms with Gasteiger partial charge in [0.05, 0.1) is 12.3 Å². The highest BCUT2D eigenvalue weighted by molar-refractivity contribution is 6.04. The van der Waals surface area contributed by atoms with Gasteiger partial charge in [0.1, 0.15) is 28.8 Å². The van der Waals surface area contributed by atoms with Crippen molar-refractivity contribution in [2.45, 2.75) is 20.8 Å². The number of aromatic nitrogens is 3. The molecule has 8 heteroatoms. The quantitative estimate of drug-likeness (QED) is 0.699. The zero-order chi connectivity index (χ0) is 18.5. The number of nitrogens with one attached hydrogen (secondary N) is 2. The second-order valence-electron chi connectivity index (χ2n) is 5.52.